The molecule has 102 valence electrons. The summed E-state index contributed by atoms with van der Waals surface area (Å²) in [4.78, 5) is 16.5. The Morgan fingerprint density at radius 3 is 2.95 bits per heavy atom. The summed E-state index contributed by atoms with van der Waals surface area (Å²) in [6.07, 6.45) is 9.47. The normalized spacial score (nSPS) is 21.1. The molecule has 0 saturated carbocycles. The van der Waals surface area contributed by atoms with Crippen molar-refractivity contribution in [1.82, 2.24) is 14.8 Å². The van der Waals surface area contributed by atoms with Crippen LogP contribution >= 0.6 is 0 Å². The summed E-state index contributed by atoms with van der Waals surface area (Å²) in [7, 11) is 0. The topological polar surface area (TPSA) is 85.8 Å². The van der Waals surface area contributed by atoms with Gasteiger partial charge in [0, 0.05) is 24.6 Å². The zero-order valence-corrected chi connectivity index (χ0v) is 10.8. The molecule has 0 aliphatic heterocycles. The minimum Gasteiger partial charge on any atom is -0.324 e. The van der Waals surface area contributed by atoms with Crippen molar-refractivity contribution >= 4 is 11.6 Å². The lowest BCUT2D eigenvalue weighted by Gasteiger charge is -2.13. The van der Waals surface area contributed by atoms with E-state index in [1.54, 1.807) is 41.5 Å². The van der Waals surface area contributed by atoms with E-state index < -0.39 is 0 Å². The number of hydrogen-bond donors (Lipinski definition) is 2. The molecule has 6 nitrogen and oxygen atoms in total. The lowest BCUT2D eigenvalue weighted by molar-refractivity contribution is -0.118. The van der Waals surface area contributed by atoms with Crippen molar-refractivity contribution in [3.63, 3.8) is 0 Å². The van der Waals surface area contributed by atoms with Crippen LogP contribution in [0.5, 0.6) is 0 Å². The zero-order chi connectivity index (χ0) is 13.9. The van der Waals surface area contributed by atoms with Crippen LogP contribution in [0, 0.1) is 5.92 Å². The van der Waals surface area contributed by atoms with Gasteiger partial charge in [-0.1, -0.05) is 12.2 Å². The van der Waals surface area contributed by atoms with Gasteiger partial charge in [-0.25, -0.2) is 9.67 Å². The van der Waals surface area contributed by atoms with Gasteiger partial charge >= 0.3 is 0 Å². The summed E-state index contributed by atoms with van der Waals surface area (Å²) in [6.45, 7) is 0. The minimum atomic E-state index is -0.185. The Hall–Kier alpha value is -2.47. The first-order chi connectivity index (χ1) is 9.74. The predicted molar refractivity (Wildman–Crippen MR) is 75.2 cm³/mol. The van der Waals surface area contributed by atoms with E-state index in [2.05, 4.69) is 15.4 Å². The van der Waals surface area contributed by atoms with E-state index in [0.717, 1.165) is 0 Å². The van der Waals surface area contributed by atoms with E-state index >= 15 is 0 Å². The van der Waals surface area contributed by atoms with Crippen LogP contribution in [0.25, 0.3) is 5.82 Å². The third-order valence-electron chi connectivity index (χ3n) is 3.22. The molecule has 0 radical (unpaired) electrons. The number of nitrogens with one attached hydrogen (secondary N) is 1. The lowest BCUT2D eigenvalue weighted by Crippen LogP contribution is -2.24. The number of nitrogens with zero attached hydrogens (tertiary/aromatic N) is 3. The number of aromatic nitrogens is 3. The molecular formula is C14H15N5O. The molecule has 3 rings (SSSR count). The van der Waals surface area contributed by atoms with Crippen LogP contribution in [0.15, 0.2) is 48.9 Å². The van der Waals surface area contributed by atoms with Crippen molar-refractivity contribution < 1.29 is 4.79 Å². The van der Waals surface area contributed by atoms with Gasteiger partial charge in [0.05, 0.1) is 11.6 Å². The third-order valence-corrected chi connectivity index (χ3v) is 3.22. The molecular weight excluding hydrogens is 254 g/mol. The number of nitrogens with two attached hydrogens (primary N) is 1. The first-order valence-electron chi connectivity index (χ1n) is 6.44. The molecule has 0 saturated heterocycles. The predicted octanol–water partition coefficient (Wildman–Crippen LogP) is 1.11. The summed E-state index contributed by atoms with van der Waals surface area (Å²) in [6, 6.07) is 5.35. The van der Waals surface area contributed by atoms with E-state index in [1.807, 2.05) is 12.2 Å². The number of rotatable bonds is 3. The molecule has 0 fully saturated rings. The van der Waals surface area contributed by atoms with Crippen molar-refractivity contribution in [3.8, 4) is 5.82 Å². The number of pyridine rings is 1. The molecule has 1 aliphatic rings. The van der Waals surface area contributed by atoms with Gasteiger partial charge in [-0.2, -0.15) is 5.10 Å². The van der Waals surface area contributed by atoms with Crippen molar-refractivity contribution in [2.24, 2.45) is 11.7 Å². The van der Waals surface area contributed by atoms with Gasteiger partial charge in [0.2, 0.25) is 5.91 Å². The largest absolute Gasteiger partial charge is 0.324 e. The van der Waals surface area contributed by atoms with Gasteiger partial charge in [-0.3, -0.25) is 4.79 Å². The fourth-order valence-electron chi connectivity index (χ4n) is 2.22. The van der Waals surface area contributed by atoms with Crippen LogP contribution in [0.4, 0.5) is 5.69 Å². The van der Waals surface area contributed by atoms with Gasteiger partial charge in [-0.15, -0.1) is 0 Å². The van der Waals surface area contributed by atoms with Gasteiger partial charge < -0.3 is 11.1 Å². The quantitative estimate of drug-likeness (QED) is 0.817. The molecule has 20 heavy (non-hydrogen) atoms. The van der Waals surface area contributed by atoms with E-state index in [-0.39, 0.29) is 17.9 Å². The summed E-state index contributed by atoms with van der Waals surface area (Å²) in [5.74, 6) is 0.336. The minimum absolute atomic E-state index is 0.0368. The Kier molecular flexibility index (Phi) is 3.30. The number of anilines is 1. The smallest absolute Gasteiger partial charge is 0.231 e. The number of amides is 1. The fraction of sp³-hybridized carbons (Fsp3) is 0.214. The molecule has 2 unspecified atom stereocenters. The summed E-state index contributed by atoms with van der Waals surface area (Å²) in [5.41, 5.74) is 6.40. The highest BCUT2D eigenvalue weighted by Crippen LogP contribution is 2.21. The van der Waals surface area contributed by atoms with Crippen LogP contribution in [-0.2, 0) is 4.79 Å². The molecule has 6 heteroatoms. The van der Waals surface area contributed by atoms with E-state index in [9.17, 15) is 4.79 Å². The molecule has 3 N–H and O–H groups in total. The van der Waals surface area contributed by atoms with Crippen molar-refractivity contribution in [2.45, 2.75) is 12.5 Å². The maximum absolute atomic E-state index is 12.2. The SMILES string of the molecule is NC1C=CC(C(=O)Nc2cccnc2-n2cccn2)C1. The van der Waals surface area contributed by atoms with Gasteiger partial charge in [0.15, 0.2) is 5.82 Å². The Morgan fingerprint density at radius 2 is 2.25 bits per heavy atom. The molecule has 2 aromatic heterocycles. The monoisotopic (exact) mass is 269 g/mol. The molecule has 1 aliphatic carbocycles. The maximum atomic E-state index is 12.2. The Bertz CT molecular complexity index is 635. The molecule has 2 heterocycles. The van der Waals surface area contributed by atoms with E-state index in [0.29, 0.717) is 17.9 Å². The van der Waals surface area contributed by atoms with Crippen molar-refractivity contribution in [2.75, 3.05) is 5.32 Å². The average molecular weight is 269 g/mol. The van der Waals surface area contributed by atoms with Crippen LogP contribution in [0.2, 0.25) is 0 Å². The van der Waals surface area contributed by atoms with Crippen molar-refractivity contribution in [1.29, 1.82) is 0 Å². The highest BCUT2D eigenvalue weighted by molar-refractivity contribution is 5.95. The first-order valence-corrected chi connectivity index (χ1v) is 6.44. The van der Waals surface area contributed by atoms with Gasteiger partial charge in [0.1, 0.15) is 0 Å². The fourth-order valence-corrected chi connectivity index (χ4v) is 2.22. The Balaban J connectivity index is 1.81. The Morgan fingerprint density at radius 1 is 1.35 bits per heavy atom. The van der Waals surface area contributed by atoms with Crippen LogP contribution in [0.3, 0.4) is 0 Å². The maximum Gasteiger partial charge on any atom is 0.231 e. The molecule has 0 aromatic carbocycles. The van der Waals surface area contributed by atoms with Gasteiger partial charge in [0.25, 0.3) is 0 Å². The van der Waals surface area contributed by atoms with E-state index in [1.165, 1.54) is 0 Å². The number of carbonyl (C=O) groups excluding carboxylic acids is 1. The van der Waals surface area contributed by atoms with E-state index in [4.69, 9.17) is 5.73 Å². The van der Waals surface area contributed by atoms with Crippen LogP contribution in [-0.4, -0.2) is 26.7 Å². The highest BCUT2D eigenvalue weighted by Gasteiger charge is 2.23. The number of carbonyl (C=O) groups is 1. The standard InChI is InChI=1S/C14H15N5O/c15-11-5-4-10(9-11)14(20)18-12-3-1-6-16-13(12)19-8-2-7-17-19/h1-8,10-11H,9,15H2,(H,18,20). The molecule has 1 amide bonds. The second kappa shape index (κ2) is 5.26. The Labute approximate surface area is 116 Å². The summed E-state index contributed by atoms with van der Waals surface area (Å²) in [5, 5.41) is 7.03. The molecule has 2 aromatic rings. The summed E-state index contributed by atoms with van der Waals surface area (Å²) >= 11 is 0. The van der Waals surface area contributed by atoms with Gasteiger partial charge in [-0.05, 0) is 24.6 Å². The molecule has 0 spiro atoms. The molecule has 2 atom stereocenters. The number of hydrogen-bond acceptors (Lipinski definition) is 4. The second-order valence-electron chi connectivity index (χ2n) is 4.71. The van der Waals surface area contributed by atoms with Crippen LogP contribution < -0.4 is 11.1 Å². The average Bonchev–Trinajstić information content (AvgIpc) is 3.10. The highest BCUT2D eigenvalue weighted by atomic mass is 16.1. The zero-order valence-electron chi connectivity index (χ0n) is 10.8. The van der Waals surface area contributed by atoms with Crippen LogP contribution in [0.1, 0.15) is 6.42 Å². The van der Waals surface area contributed by atoms with Crippen molar-refractivity contribution in [3.05, 3.63) is 48.9 Å². The second-order valence-corrected chi connectivity index (χ2v) is 4.71. The lowest BCUT2D eigenvalue weighted by atomic mass is 10.1. The third kappa shape index (κ3) is 2.46. The first kappa shape index (κ1) is 12.6. The summed E-state index contributed by atoms with van der Waals surface area (Å²) < 4.78 is 1.62. The molecule has 0 bridgehead atoms.